The van der Waals surface area contributed by atoms with E-state index in [4.69, 9.17) is 4.74 Å². The molecule has 0 fully saturated rings. The summed E-state index contributed by atoms with van der Waals surface area (Å²) in [7, 11) is 0. The monoisotopic (exact) mass is 260 g/mol. The van der Waals surface area contributed by atoms with Gasteiger partial charge in [-0.3, -0.25) is 4.79 Å². The van der Waals surface area contributed by atoms with Crippen molar-refractivity contribution < 1.29 is 14.1 Å². The highest BCUT2D eigenvalue weighted by Gasteiger charge is 2.09. The van der Waals surface area contributed by atoms with E-state index in [2.05, 4.69) is 28.8 Å². The highest BCUT2D eigenvalue weighted by molar-refractivity contribution is 6.03. The zero-order valence-corrected chi connectivity index (χ0v) is 10.9. The van der Waals surface area contributed by atoms with Crippen LogP contribution in [-0.2, 0) is 0 Å². The van der Waals surface area contributed by atoms with Crippen molar-refractivity contribution in [2.75, 3.05) is 11.9 Å². The fraction of sp³-hybridized carbons (Fsp3) is 0.286. The van der Waals surface area contributed by atoms with Crippen LogP contribution in [0.2, 0.25) is 0 Å². The second-order valence-corrected chi connectivity index (χ2v) is 4.57. The number of ether oxygens (including phenoxy) is 1. The van der Waals surface area contributed by atoms with E-state index in [9.17, 15) is 4.79 Å². The lowest BCUT2D eigenvalue weighted by atomic mass is 10.2. The van der Waals surface area contributed by atoms with Gasteiger partial charge in [0.15, 0.2) is 5.82 Å². The Morgan fingerprint density at radius 1 is 1.42 bits per heavy atom. The molecule has 0 saturated heterocycles. The lowest BCUT2D eigenvalue weighted by molar-refractivity contribution is 0.102. The Morgan fingerprint density at radius 2 is 2.26 bits per heavy atom. The van der Waals surface area contributed by atoms with Crippen molar-refractivity contribution in [3.05, 3.63) is 42.2 Å². The quantitative estimate of drug-likeness (QED) is 0.897. The van der Waals surface area contributed by atoms with Crippen LogP contribution in [0.3, 0.4) is 0 Å². The second kappa shape index (κ2) is 6.04. The molecule has 1 amide bonds. The van der Waals surface area contributed by atoms with Crippen LogP contribution in [0.5, 0.6) is 5.75 Å². The normalized spacial score (nSPS) is 10.5. The predicted octanol–water partition coefficient (Wildman–Crippen LogP) is 2.96. The molecule has 5 heteroatoms. The summed E-state index contributed by atoms with van der Waals surface area (Å²) in [4.78, 5) is 12.0. The minimum absolute atomic E-state index is 0.246. The van der Waals surface area contributed by atoms with Crippen molar-refractivity contribution in [3.8, 4) is 5.75 Å². The molecular formula is C14H16N2O3. The van der Waals surface area contributed by atoms with E-state index < -0.39 is 0 Å². The molecule has 0 saturated carbocycles. The summed E-state index contributed by atoms with van der Waals surface area (Å²) < 4.78 is 10.2. The number of nitrogens with one attached hydrogen (secondary N) is 1. The van der Waals surface area contributed by atoms with Crippen LogP contribution >= 0.6 is 0 Å². The summed E-state index contributed by atoms with van der Waals surface area (Å²) >= 11 is 0. The molecule has 0 atom stereocenters. The maximum atomic E-state index is 12.0. The van der Waals surface area contributed by atoms with Gasteiger partial charge in [0.05, 0.1) is 6.61 Å². The Morgan fingerprint density at radius 3 is 2.95 bits per heavy atom. The lowest BCUT2D eigenvalue weighted by Crippen LogP contribution is -2.12. The van der Waals surface area contributed by atoms with Crippen LogP contribution in [0, 0.1) is 5.92 Å². The van der Waals surface area contributed by atoms with E-state index in [1.165, 1.54) is 6.26 Å². The molecule has 0 bridgehead atoms. The van der Waals surface area contributed by atoms with Gasteiger partial charge in [0, 0.05) is 11.6 Å². The third-order valence-electron chi connectivity index (χ3n) is 2.36. The zero-order chi connectivity index (χ0) is 13.7. The molecular weight excluding hydrogens is 244 g/mol. The summed E-state index contributed by atoms with van der Waals surface area (Å²) in [6.45, 7) is 4.76. The summed E-state index contributed by atoms with van der Waals surface area (Å²) in [5.41, 5.74) is 0.518. The zero-order valence-electron chi connectivity index (χ0n) is 10.9. The molecule has 2 aromatic rings. The van der Waals surface area contributed by atoms with E-state index in [0.29, 0.717) is 29.7 Å². The molecule has 0 aliphatic carbocycles. The topological polar surface area (TPSA) is 64.4 Å². The van der Waals surface area contributed by atoms with Crippen LogP contribution in [0.25, 0.3) is 0 Å². The van der Waals surface area contributed by atoms with Gasteiger partial charge in [-0.1, -0.05) is 25.1 Å². The molecule has 2 rings (SSSR count). The first-order valence-corrected chi connectivity index (χ1v) is 6.10. The third kappa shape index (κ3) is 3.84. The highest BCUT2D eigenvalue weighted by atomic mass is 16.5. The van der Waals surface area contributed by atoms with Gasteiger partial charge in [0.2, 0.25) is 0 Å². The molecule has 1 N–H and O–H groups in total. The third-order valence-corrected chi connectivity index (χ3v) is 2.36. The van der Waals surface area contributed by atoms with Gasteiger partial charge >= 0.3 is 0 Å². The average molecular weight is 260 g/mol. The van der Waals surface area contributed by atoms with E-state index >= 15 is 0 Å². The lowest BCUT2D eigenvalue weighted by Gasteiger charge is -2.09. The number of hydrogen-bond acceptors (Lipinski definition) is 4. The van der Waals surface area contributed by atoms with Crippen LogP contribution in [0.15, 0.2) is 41.1 Å². The maximum Gasteiger partial charge on any atom is 0.257 e. The first-order valence-electron chi connectivity index (χ1n) is 6.10. The first-order chi connectivity index (χ1) is 9.15. The fourth-order valence-electron chi connectivity index (χ4n) is 1.46. The number of carbonyl (C=O) groups is 1. The van der Waals surface area contributed by atoms with E-state index in [1.54, 1.807) is 24.3 Å². The van der Waals surface area contributed by atoms with Crippen LogP contribution in [0.1, 0.15) is 24.2 Å². The smallest absolute Gasteiger partial charge is 0.257 e. The number of aromatic nitrogens is 1. The number of carbonyl (C=O) groups excluding carboxylic acids is 1. The molecule has 19 heavy (non-hydrogen) atoms. The van der Waals surface area contributed by atoms with Gasteiger partial charge in [0.25, 0.3) is 5.91 Å². The van der Waals surface area contributed by atoms with E-state index in [-0.39, 0.29) is 5.91 Å². The number of amides is 1. The fourth-order valence-corrected chi connectivity index (χ4v) is 1.46. The van der Waals surface area contributed by atoms with Crippen molar-refractivity contribution in [2.45, 2.75) is 13.8 Å². The molecule has 1 aromatic carbocycles. The summed E-state index contributed by atoms with van der Waals surface area (Å²) in [6.07, 6.45) is 1.40. The summed E-state index contributed by atoms with van der Waals surface area (Å²) in [5.74, 6) is 1.26. The molecule has 5 nitrogen and oxygen atoms in total. The van der Waals surface area contributed by atoms with Crippen LogP contribution in [-0.4, -0.2) is 17.7 Å². The minimum Gasteiger partial charge on any atom is -0.493 e. The van der Waals surface area contributed by atoms with Crippen LogP contribution in [0.4, 0.5) is 5.82 Å². The number of rotatable bonds is 5. The second-order valence-electron chi connectivity index (χ2n) is 4.57. The molecule has 1 aromatic heterocycles. The van der Waals surface area contributed by atoms with E-state index in [1.807, 2.05) is 6.07 Å². The van der Waals surface area contributed by atoms with Gasteiger partial charge < -0.3 is 14.6 Å². The number of benzene rings is 1. The summed E-state index contributed by atoms with van der Waals surface area (Å²) in [6, 6.07) is 8.62. The Hall–Kier alpha value is -2.30. The number of anilines is 1. The van der Waals surface area contributed by atoms with Crippen molar-refractivity contribution in [1.82, 2.24) is 5.16 Å². The number of nitrogens with zero attached hydrogens (tertiary/aromatic N) is 1. The van der Waals surface area contributed by atoms with Gasteiger partial charge in [0.1, 0.15) is 12.0 Å². The van der Waals surface area contributed by atoms with Crippen molar-refractivity contribution in [3.63, 3.8) is 0 Å². The minimum atomic E-state index is -0.246. The maximum absolute atomic E-state index is 12.0. The molecule has 0 unspecified atom stereocenters. The first kappa shape index (κ1) is 13.1. The molecule has 100 valence electrons. The Balaban J connectivity index is 2.03. The molecule has 1 heterocycles. The highest BCUT2D eigenvalue weighted by Crippen LogP contribution is 2.15. The standard InChI is InChI=1S/C14H16N2O3/c1-10(2)9-18-12-5-3-4-11(8-12)14(17)15-13-6-7-19-16-13/h3-8,10H,9H2,1-2H3,(H,15,16,17). The molecule has 0 aliphatic heterocycles. The predicted molar refractivity (Wildman–Crippen MR) is 71.2 cm³/mol. The SMILES string of the molecule is CC(C)COc1cccc(C(=O)Nc2ccon2)c1. The molecule has 0 spiro atoms. The van der Waals surface area contributed by atoms with Gasteiger partial charge in [-0.25, -0.2) is 0 Å². The van der Waals surface area contributed by atoms with Crippen molar-refractivity contribution in [2.24, 2.45) is 5.92 Å². The number of hydrogen-bond donors (Lipinski definition) is 1. The van der Waals surface area contributed by atoms with Gasteiger partial charge in [-0.15, -0.1) is 0 Å². The van der Waals surface area contributed by atoms with Crippen molar-refractivity contribution in [1.29, 1.82) is 0 Å². The summed E-state index contributed by atoms with van der Waals surface area (Å²) in [5, 5.41) is 6.26. The van der Waals surface area contributed by atoms with Crippen LogP contribution < -0.4 is 10.1 Å². The Labute approximate surface area is 111 Å². The van der Waals surface area contributed by atoms with E-state index in [0.717, 1.165) is 0 Å². The Bertz CT molecular complexity index is 535. The van der Waals surface area contributed by atoms with Gasteiger partial charge in [-0.05, 0) is 24.1 Å². The average Bonchev–Trinajstić information content (AvgIpc) is 2.89. The molecule has 0 radical (unpaired) electrons. The van der Waals surface area contributed by atoms with Crippen molar-refractivity contribution >= 4 is 11.7 Å². The van der Waals surface area contributed by atoms with Gasteiger partial charge in [-0.2, -0.15) is 0 Å². The largest absolute Gasteiger partial charge is 0.493 e. The molecule has 0 aliphatic rings. The Kier molecular flexibility index (Phi) is 4.18.